The number of halogens is 3. The highest BCUT2D eigenvalue weighted by atomic mass is 35.5. The molecule has 10 rings (SSSR count). The summed E-state index contributed by atoms with van der Waals surface area (Å²) in [6.45, 7) is 2.05. The number of benzene rings is 6. The van der Waals surface area contributed by atoms with Crippen LogP contribution in [0, 0.1) is 6.92 Å². The Morgan fingerprint density at radius 3 is 1.50 bits per heavy atom. The third-order valence-electron chi connectivity index (χ3n) is 12.8. The zero-order valence-corrected chi connectivity index (χ0v) is 42.1. The maximum atomic E-state index is 12.8. The van der Waals surface area contributed by atoms with Gasteiger partial charge in [0.05, 0.1) is 29.0 Å². The molecule has 0 fully saturated rings. The Morgan fingerprint density at radius 1 is 0.515 bits per heavy atom. The molecule has 0 radical (unpaired) electrons. The van der Waals surface area contributed by atoms with Gasteiger partial charge in [0.2, 0.25) is 8.24 Å². The molecule has 15 heteroatoms. The van der Waals surface area contributed by atoms with E-state index in [9.17, 15) is 14.4 Å². The van der Waals surface area contributed by atoms with Gasteiger partial charge in [0, 0.05) is 83.9 Å². The molecular weight excluding hydrogens is 945 g/mol. The number of hydrogen-bond acceptors (Lipinski definition) is 6. The summed E-state index contributed by atoms with van der Waals surface area (Å²) in [7, 11) is 1.02. The molecular formula is C53H46Cl3N7O3Si2. The average molecular weight is 992 g/mol. The van der Waals surface area contributed by atoms with Gasteiger partial charge in [-0.25, -0.2) is 9.97 Å². The van der Waals surface area contributed by atoms with Crippen LogP contribution in [0.1, 0.15) is 5.56 Å². The maximum Gasteiger partial charge on any atom is 0.303 e. The minimum atomic E-state index is -3.45. The van der Waals surface area contributed by atoms with Crippen LogP contribution in [0.4, 0.5) is 0 Å². The first kappa shape index (κ1) is 46.5. The van der Waals surface area contributed by atoms with E-state index in [4.69, 9.17) is 40.2 Å². The van der Waals surface area contributed by atoms with E-state index in [2.05, 4.69) is 41.2 Å². The minimum Gasteiger partial charge on any atom is -0.420 e. The lowest BCUT2D eigenvalue weighted by Gasteiger charge is -2.29. The number of pyridine rings is 2. The van der Waals surface area contributed by atoms with Gasteiger partial charge in [-0.2, -0.15) is 0 Å². The molecule has 0 saturated carbocycles. The van der Waals surface area contributed by atoms with Crippen LogP contribution in [0.25, 0.3) is 44.1 Å². The van der Waals surface area contributed by atoms with Crippen molar-refractivity contribution in [2.24, 2.45) is 33.6 Å². The molecule has 0 aliphatic rings. The molecule has 68 heavy (non-hydrogen) atoms. The zero-order valence-electron chi connectivity index (χ0n) is 37.8. The van der Waals surface area contributed by atoms with Crippen molar-refractivity contribution in [3.8, 4) is 22.3 Å². The van der Waals surface area contributed by atoms with Crippen molar-refractivity contribution in [1.82, 2.24) is 28.2 Å². The van der Waals surface area contributed by atoms with E-state index < -0.39 is 16.6 Å². The highest BCUT2D eigenvalue weighted by Crippen LogP contribution is 2.30. The third-order valence-corrected chi connectivity index (χ3v) is 20.8. The first-order valence-electron chi connectivity index (χ1n) is 21.7. The maximum absolute atomic E-state index is 12.8. The highest BCUT2D eigenvalue weighted by Gasteiger charge is 2.42. The largest absolute Gasteiger partial charge is 0.420 e. The van der Waals surface area contributed by atoms with Crippen LogP contribution >= 0.6 is 34.8 Å². The van der Waals surface area contributed by atoms with Crippen LogP contribution in [-0.2, 0) is 28.2 Å². The van der Waals surface area contributed by atoms with E-state index in [1.165, 1.54) is 0 Å². The number of aryl methyl sites for hydroxylation is 5. The first-order chi connectivity index (χ1) is 32.6. The summed E-state index contributed by atoms with van der Waals surface area (Å²) in [5, 5.41) is 16.4. The molecule has 2 atom stereocenters. The molecule has 340 valence electrons. The fourth-order valence-electron chi connectivity index (χ4n) is 9.11. The molecule has 0 aliphatic carbocycles. The molecule has 0 saturated heterocycles. The van der Waals surface area contributed by atoms with Crippen molar-refractivity contribution in [2.45, 2.75) is 6.92 Å². The van der Waals surface area contributed by atoms with E-state index in [1.807, 2.05) is 120 Å². The quantitative estimate of drug-likeness (QED) is 0.179. The molecule has 0 aliphatic heterocycles. The zero-order chi connectivity index (χ0) is 48.1. The van der Waals surface area contributed by atoms with E-state index >= 15 is 0 Å². The average Bonchev–Trinajstić information content (AvgIpc) is 3.99. The second kappa shape index (κ2) is 18.5. The van der Waals surface area contributed by atoms with Crippen molar-refractivity contribution in [3.63, 3.8) is 0 Å². The first-order valence-corrected chi connectivity index (χ1v) is 26.8. The molecule has 10 nitrogen and oxygen atoms in total. The van der Waals surface area contributed by atoms with Gasteiger partial charge in [0.15, 0.2) is 0 Å². The number of nitrogens with two attached hydrogens (primary N) is 1. The minimum absolute atomic E-state index is 0.0441. The molecule has 4 aromatic heterocycles. The number of hydrogen-bond donors (Lipinski definition) is 2. The molecule has 0 spiro atoms. The van der Waals surface area contributed by atoms with Gasteiger partial charge in [-0.1, -0.05) is 119 Å². The van der Waals surface area contributed by atoms with Gasteiger partial charge in [0.1, 0.15) is 0 Å². The van der Waals surface area contributed by atoms with E-state index in [1.54, 1.807) is 72.4 Å². The molecule has 0 unspecified atom stereocenters. The Kier molecular flexibility index (Phi) is 12.6. The Labute approximate surface area is 409 Å². The second-order valence-corrected chi connectivity index (χ2v) is 24.7. The summed E-state index contributed by atoms with van der Waals surface area (Å²) in [5.74, 6) is 0. The van der Waals surface area contributed by atoms with E-state index in [-0.39, 0.29) is 11.1 Å². The van der Waals surface area contributed by atoms with Crippen molar-refractivity contribution < 1.29 is 4.80 Å². The number of nitrogens with zero attached hydrogens (tertiary/aromatic N) is 6. The fourth-order valence-corrected chi connectivity index (χ4v) is 15.9. The normalized spacial score (nSPS) is 13.2. The molecule has 10 aromatic rings. The number of aromatic nitrogens is 6. The van der Waals surface area contributed by atoms with Crippen LogP contribution in [0.5, 0.6) is 0 Å². The Bertz CT molecular complexity index is 3420. The van der Waals surface area contributed by atoms with Crippen molar-refractivity contribution in [1.29, 1.82) is 0 Å². The van der Waals surface area contributed by atoms with Gasteiger partial charge in [0.25, 0.3) is 11.1 Å². The van der Waals surface area contributed by atoms with Crippen LogP contribution in [0.3, 0.4) is 0 Å². The fraction of sp³-hybridized carbons (Fsp3) is 0.0943. The summed E-state index contributed by atoms with van der Waals surface area (Å²) >= 11 is 18.6. The van der Waals surface area contributed by atoms with Crippen molar-refractivity contribution in [2.75, 3.05) is 0 Å². The summed E-state index contributed by atoms with van der Waals surface area (Å²) in [6.07, 6.45) is 7.03. The van der Waals surface area contributed by atoms with Crippen molar-refractivity contribution in [3.05, 3.63) is 212 Å². The second-order valence-electron chi connectivity index (χ2n) is 17.1. The highest BCUT2D eigenvalue weighted by molar-refractivity contribution is 7.09. The van der Waals surface area contributed by atoms with Gasteiger partial charge >= 0.3 is 8.32 Å². The lowest BCUT2D eigenvalue weighted by molar-refractivity contribution is 0.579. The number of rotatable bonds is 8. The third kappa shape index (κ3) is 8.38. The monoisotopic (exact) mass is 989 g/mol. The molecule has 0 amide bonds. The number of fused-ring (bicyclic) bond motifs is 2. The Hall–Kier alpha value is -6.62. The Balaban J connectivity index is 0.000000170. The summed E-state index contributed by atoms with van der Waals surface area (Å²) in [6, 6.07) is 46.0. The van der Waals surface area contributed by atoms with Gasteiger partial charge in [-0.15, -0.1) is 0 Å². The lowest BCUT2D eigenvalue weighted by atomic mass is 9.99. The van der Waals surface area contributed by atoms with E-state index in [0.717, 1.165) is 81.0 Å². The molecule has 6 aromatic carbocycles. The molecule has 0 bridgehead atoms. The summed E-state index contributed by atoms with van der Waals surface area (Å²) < 4.78 is 7.14. The number of imidazole rings is 2. The standard InChI is InChI=1S/C27H25ClN4OSi.C26H21Cl2N3O2Si/c1-18-5-4-6-19(13-18)23-15-26(33)32(3)25-12-11-22(14-24(23)25)34(29,27-16-30-17-31(27)2)21-9-7-20(28)8-10-21;1-30-16-29-15-26(30)34(33,20-8-6-18(27)7-9-20)21-10-11-24-23(13-21)22(14-25(32)31(24)2)17-4-3-5-19(28)12-17/h4-17H,29H2,1-3H3;3-16,33H,1-2H3/t2*34-/m11/s1. The van der Waals surface area contributed by atoms with Gasteiger partial charge in [-0.3, -0.25) is 9.59 Å². The summed E-state index contributed by atoms with van der Waals surface area (Å²) in [4.78, 5) is 46.6. The van der Waals surface area contributed by atoms with Crippen LogP contribution in [-0.4, -0.2) is 49.6 Å². The van der Waals surface area contributed by atoms with Gasteiger partial charge in [-0.05, 0) is 105 Å². The van der Waals surface area contributed by atoms with Crippen LogP contribution in [0.15, 0.2) is 180 Å². The molecule has 4 heterocycles. The topological polar surface area (TPSA) is 126 Å². The van der Waals surface area contributed by atoms with Crippen LogP contribution < -0.4 is 47.9 Å². The predicted molar refractivity (Wildman–Crippen MR) is 284 cm³/mol. The van der Waals surface area contributed by atoms with Crippen LogP contribution in [0.2, 0.25) is 15.1 Å². The van der Waals surface area contributed by atoms with Gasteiger partial charge < -0.3 is 28.5 Å². The van der Waals surface area contributed by atoms with E-state index in [0.29, 0.717) is 15.1 Å². The lowest BCUT2D eigenvalue weighted by Crippen LogP contribution is -2.75. The predicted octanol–water partition coefficient (Wildman–Crippen LogP) is 6.03. The molecule has 3 N–H and O–H groups in total. The SMILES string of the molecule is Cc1cccc(-c2cc(=O)n(C)c3ccc([Si@](N)(c4ccc(Cl)cc4)c4cncn4C)cc23)c1.Cn1cncc1[Si@@](O)(c1ccc(Cl)cc1)c1ccc2c(c1)c(-c1cccc(Cl)c1)cc(=O)n2C. The smallest absolute Gasteiger partial charge is 0.303 e. The summed E-state index contributed by atoms with van der Waals surface area (Å²) in [5.41, 5.74) is 6.13. The Morgan fingerprint density at radius 2 is 0.985 bits per heavy atom. The van der Waals surface area contributed by atoms with Crippen molar-refractivity contribution >= 4 is 105 Å².